The van der Waals surface area contributed by atoms with Crippen LogP contribution in [0.5, 0.6) is 0 Å². The lowest BCUT2D eigenvalue weighted by Gasteiger charge is -2.15. The number of halogens is 5. The Balaban J connectivity index is 2.94. The molecule has 0 saturated carbocycles. The summed E-state index contributed by atoms with van der Waals surface area (Å²) in [4.78, 5) is 0. The summed E-state index contributed by atoms with van der Waals surface area (Å²) in [5.41, 5.74) is -1.19. The zero-order chi connectivity index (χ0) is 13.9. The third kappa shape index (κ3) is 3.74. The molecule has 0 aliphatic heterocycles. The number of rotatable bonds is 4. The number of aliphatic hydroxyl groups excluding tert-OH is 1. The molecule has 2 nitrogen and oxygen atoms in total. The van der Waals surface area contributed by atoms with Gasteiger partial charge in [-0.3, -0.25) is 0 Å². The SMILES string of the molecule is Cc1cc(NCC(O)CCl)c(F)cc1C(F)(F)F. The van der Waals surface area contributed by atoms with Crippen LogP contribution < -0.4 is 5.32 Å². The summed E-state index contributed by atoms with van der Waals surface area (Å²) in [7, 11) is 0. The van der Waals surface area contributed by atoms with Crippen molar-refractivity contribution in [2.24, 2.45) is 0 Å². The van der Waals surface area contributed by atoms with Gasteiger partial charge >= 0.3 is 6.18 Å². The van der Waals surface area contributed by atoms with Gasteiger partial charge in [0.1, 0.15) is 5.82 Å². The van der Waals surface area contributed by atoms with Gasteiger partial charge in [-0.15, -0.1) is 11.6 Å². The van der Waals surface area contributed by atoms with Crippen LogP contribution >= 0.6 is 11.6 Å². The first-order valence-electron chi connectivity index (χ1n) is 5.11. The maximum absolute atomic E-state index is 13.4. The highest BCUT2D eigenvalue weighted by Crippen LogP contribution is 2.34. The summed E-state index contributed by atoms with van der Waals surface area (Å²) < 4.78 is 50.9. The summed E-state index contributed by atoms with van der Waals surface area (Å²) in [6, 6.07) is 1.49. The van der Waals surface area contributed by atoms with Crippen LogP contribution in [0.3, 0.4) is 0 Å². The molecule has 0 heterocycles. The summed E-state index contributed by atoms with van der Waals surface area (Å²) in [5, 5.41) is 11.7. The van der Waals surface area contributed by atoms with Gasteiger partial charge in [0.2, 0.25) is 0 Å². The molecule has 0 radical (unpaired) electrons. The monoisotopic (exact) mass is 285 g/mol. The highest BCUT2D eigenvalue weighted by atomic mass is 35.5. The Labute approximate surface area is 107 Å². The van der Waals surface area contributed by atoms with Crippen LogP contribution in [0.4, 0.5) is 23.2 Å². The lowest BCUT2D eigenvalue weighted by molar-refractivity contribution is -0.138. The molecule has 7 heteroatoms. The molecule has 0 fully saturated rings. The van der Waals surface area contributed by atoms with E-state index in [0.29, 0.717) is 6.07 Å². The molecule has 0 bridgehead atoms. The van der Waals surface area contributed by atoms with Gasteiger partial charge < -0.3 is 10.4 Å². The van der Waals surface area contributed by atoms with Crippen LogP contribution in [0.15, 0.2) is 12.1 Å². The molecule has 1 aromatic rings. The topological polar surface area (TPSA) is 32.3 Å². The number of anilines is 1. The van der Waals surface area contributed by atoms with Gasteiger partial charge in [0.25, 0.3) is 0 Å². The van der Waals surface area contributed by atoms with E-state index in [1.54, 1.807) is 0 Å². The van der Waals surface area contributed by atoms with E-state index in [9.17, 15) is 17.6 Å². The summed E-state index contributed by atoms with van der Waals surface area (Å²) in [5.74, 6) is -1.07. The number of aliphatic hydroxyl groups is 1. The molecule has 0 aliphatic carbocycles. The maximum atomic E-state index is 13.4. The molecule has 2 N–H and O–H groups in total. The third-order valence-electron chi connectivity index (χ3n) is 2.33. The van der Waals surface area contributed by atoms with Crippen LogP contribution in [0.2, 0.25) is 0 Å². The molecule has 0 amide bonds. The third-order valence-corrected chi connectivity index (χ3v) is 2.68. The second-order valence-electron chi connectivity index (χ2n) is 3.83. The molecule has 1 rings (SSSR count). The Morgan fingerprint density at radius 1 is 1.39 bits per heavy atom. The van der Waals surface area contributed by atoms with E-state index >= 15 is 0 Å². The van der Waals surface area contributed by atoms with Crippen LogP contribution in [-0.4, -0.2) is 23.6 Å². The highest BCUT2D eigenvalue weighted by Gasteiger charge is 2.33. The van der Waals surface area contributed by atoms with Crippen molar-refractivity contribution < 1.29 is 22.7 Å². The normalized spacial score (nSPS) is 13.5. The quantitative estimate of drug-likeness (QED) is 0.658. The number of benzene rings is 1. The van der Waals surface area contributed by atoms with E-state index in [0.717, 1.165) is 6.07 Å². The van der Waals surface area contributed by atoms with E-state index in [1.807, 2.05) is 0 Å². The molecule has 1 unspecified atom stereocenters. The Bertz CT molecular complexity index is 422. The predicted octanol–water partition coefficient (Wildman–Crippen LogP) is 3.16. The van der Waals surface area contributed by atoms with Crippen molar-refractivity contribution in [3.63, 3.8) is 0 Å². The molecule has 18 heavy (non-hydrogen) atoms. The average molecular weight is 286 g/mol. The first-order chi connectivity index (χ1) is 8.25. The van der Waals surface area contributed by atoms with Crippen LogP contribution in [0.1, 0.15) is 11.1 Å². The molecule has 0 spiro atoms. The minimum Gasteiger partial charge on any atom is -0.390 e. The van der Waals surface area contributed by atoms with Crippen LogP contribution in [-0.2, 0) is 6.18 Å². The molecule has 102 valence electrons. The number of aryl methyl sites for hydroxylation is 1. The van der Waals surface area contributed by atoms with Gasteiger partial charge in [-0.1, -0.05) is 0 Å². The summed E-state index contributed by atoms with van der Waals surface area (Å²) in [6.45, 7) is 1.21. The number of nitrogens with one attached hydrogen (secondary N) is 1. The number of alkyl halides is 4. The minimum absolute atomic E-state index is 0.0365. The Hall–Kier alpha value is -1.01. The van der Waals surface area contributed by atoms with E-state index in [1.165, 1.54) is 6.92 Å². The fourth-order valence-electron chi connectivity index (χ4n) is 1.40. The Morgan fingerprint density at radius 3 is 2.50 bits per heavy atom. The van der Waals surface area contributed by atoms with Crippen molar-refractivity contribution in [2.45, 2.75) is 19.2 Å². The predicted molar refractivity (Wildman–Crippen MR) is 61.4 cm³/mol. The molecular weight excluding hydrogens is 274 g/mol. The van der Waals surface area contributed by atoms with Crippen molar-refractivity contribution >= 4 is 17.3 Å². The molecule has 1 aromatic carbocycles. The van der Waals surface area contributed by atoms with E-state index in [2.05, 4.69) is 5.32 Å². The van der Waals surface area contributed by atoms with Gasteiger partial charge in [0.05, 0.1) is 23.2 Å². The zero-order valence-electron chi connectivity index (χ0n) is 9.48. The van der Waals surface area contributed by atoms with E-state index < -0.39 is 23.7 Å². The number of hydrogen-bond acceptors (Lipinski definition) is 2. The van der Waals surface area contributed by atoms with Gasteiger partial charge in [-0.2, -0.15) is 13.2 Å². The van der Waals surface area contributed by atoms with E-state index in [4.69, 9.17) is 16.7 Å². The second kappa shape index (κ2) is 5.75. The molecule has 0 aliphatic rings. The van der Waals surface area contributed by atoms with Gasteiger partial charge in [-0.25, -0.2) is 4.39 Å². The Kier molecular flexibility index (Phi) is 4.81. The largest absolute Gasteiger partial charge is 0.416 e. The Morgan fingerprint density at radius 2 is 2.00 bits per heavy atom. The molecule has 0 saturated heterocycles. The number of hydrogen-bond donors (Lipinski definition) is 2. The van der Waals surface area contributed by atoms with Crippen molar-refractivity contribution in [3.05, 3.63) is 29.1 Å². The fourth-order valence-corrected chi connectivity index (χ4v) is 1.51. The highest BCUT2D eigenvalue weighted by molar-refractivity contribution is 6.18. The first-order valence-corrected chi connectivity index (χ1v) is 5.64. The van der Waals surface area contributed by atoms with Crippen molar-refractivity contribution in [2.75, 3.05) is 17.7 Å². The molecule has 0 aromatic heterocycles. The summed E-state index contributed by atoms with van der Waals surface area (Å²) >= 11 is 5.34. The lowest BCUT2D eigenvalue weighted by atomic mass is 10.1. The fraction of sp³-hybridized carbons (Fsp3) is 0.455. The first kappa shape index (κ1) is 15.0. The van der Waals surface area contributed by atoms with Gasteiger partial charge in [-0.05, 0) is 24.6 Å². The van der Waals surface area contributed by atoms with Crippen molar-refractivity contribution in [1.82, 2.24) is 0 Å². The second-order valence-corrected chi connectivity index (χ2v) is 4.14. The maximum Gasteiger partial charge on any atom is 0.416 e. The van der Waals surface area contributed by atoms with Gasteiger partial charge in [0.15, 0.2) is 0 Å². The van der Waals surface area contributed by atoms with E-state index in [-0.39, 0.29) is 23.7 Å². The minimum atomic E-state index is -4.58. The molecular formula is C11H12ClF4NO. The van der Waals surface area contributed by atoms with Gasteiger partial charge in [0, 0.05) is 6.54 Å². The average Bonchev–Trinajstić information content (AvgIpc) is 2.27. The van der Waals surface area contributed by atoms with Crippen LogP contribution in [0, 0.1) is 12.7 Å². The molecule has 1 atom stereocenters. The van der Waals surface area contributed by atoms with Crippen molar-refractivity contribution in [1.29, 1.82) is 0 Å². The summed E-state index contributed by atoms with van der Waals surface area (Å²) in [6.07, 6.45) is -5.48. The standard InChI is InChI=1S/C11H12ClF4NO/c1-6-2-10(17-5-7(18)4-12)9(13)3-8(6)11(14,15)16/h2-3,7,17-18H,4-5H2,1H3. The smallest absolute Gasteiger partial charge is 0.390 e. The van der Waals surface area contributed by atoms with Crippen molar-refractivity contribution in [3.8, 4) is 0 Å². The lowest BCUT2D eigenvalue weighted by Crippen LogP contribution is -2.21. The zero-order valence-corrected chi connectivity index (χ0v) is 10.2. The van der Waals surface area contributed by atoms with Crippen LogP contribution in [0.25, 0.3) is 0 Å².